The smallest absolute Gasteiger partial charge is 0.404 e. The van der Waals surface area contributed by atoms with E-state index in [2.05, 4.69) is 4.90 Å². The SMILES string of the molecule is CCN1C2CN3C4=C(C(=O)C(N)=C(C)C4=O)[C@@H](COC(N)=O)[C@@]3(OC)C21. The summed E-state index contributed by atoms with van der Waals surface area (Å²) in [5.41, 5.74) is 10.9. The molecule has 5 atom stereocenters. The number of hydrogen-bond donors (Lipinski definition) is 2. The summed E-state index contributed by atoms with van der Waals surface area (Å²) in [5.74, 6) is -1.31. The fraction of sp³-hybridized carbons (Fsp3) is 0.588. The van der Waals surface area contributed by atoms with E-state index < -0.39 is 23.5 Å². The van der Waals surface area contributed by atoms with Crippen LogP contribution in [-0.2, 0) is 19.1 Å². The van der Waals surface area contributed by atoms with Gasteiger partial charge in [0.1, 0.15) is 6.61 Å². The van der Waals surface area contributed by atoms with Crippen molar-refractivity contribution in [2.75, 3.05) is 26.8 Å². The van der Waals surface area contributed by atoms with E-state index >= 15 is 0 Å². The lowest BCUT2D eigenvalue weighted by Gasteiger charge is -2.41. The van der Waals surface area contributed by atoms with Gasteiger partial charge in [-0.2, -0.15) is 0 Å². The second kappa shape index (κ2) is 5.31. The van der Waals surface area contributed by atoms with Crippen LogP contribution in [0.15, 0.2) is 22.5 Å². The zero-order chi connectivity index (χ0) is 19.0. The van der Waals surface area contributed by atoms with E-state index in [0.29, 0.717) is 12.2 Å². The molecule has 1 amide bonds. The molecule has 9 heteroatoms. The van der Waals surface area contributed by atoms with Crippen molar-refractivity contribution in [1.82, 2.24) is 9.80 Å². The Kier molecular flexibility index (Phi) is 3.48. The fourth-order valence-electron chi connectivity index (χ4n) is 5.01. The van der Waals surface area contributed by atoms with Crippen LogP contribution in [0.2, 0.25) is 0 Å². The monoisotopic (exact) mass is 362 g/mol. The van der Waals surface area contributed by atoms with Crippen LogP contribution >= 0.6 is 0 Å². The van der Waals surface area contributed by atoms with Gasteiger partial charge in [-0.05, 0) is 13.5 Å². The lowest BCUT2D eigenvalue weighted by Crippen LogP contribution is -2.55. The fourth-order valence-corrected chi connectivity index (χ4v) is 5.01. The van der Waals surface area contributed by atoms with Gasteiger partial charge in [-0.1, -0.05) is 6.92 Å². The van der Waals surface area contributed by atoms with Crippen molar-refractivity contribution in [3.8, 4) is 0 Å². The second-order valence-electron chi connectivity index (χ2n) is 7.05. The summed E-state index contributed by atoms with van der Waals surface area (Å²) in [6.07, 6.45) is -0.941. The van der Waals surface area contributed by atoms with E-state index in [-0.39, 0.29) is 41.3 Å². The highest BCUT2D eigenvalue weighted by molar-refractivity contribution is 6.25. The highest BCUT2D eigenvalue weighted by Gasteiger charge is 2.75. The standard InChI is InChI=1S/C17H22N4O5/c1-4-20-9-5-21-12-10(14(23)11(18)7(2)13(12)22)8(6-26-16(19)24)17(21,25-3)15(9)20/h8-9,15H,4-6,18H2,1-3H3,(H2,19,24)/t8-,9?,15?,17-,20?/m1/s1. The first-order valence-corrected chi connectivity index (χ1v) is 8.61. The van der Waals surface area contributed by atoms with Crippen LogP contribution in [0.5, 0.6) is 0 Å². The number of carbonyl (C=O) groups is 3. The molecular weight excluding hydrogens is 340 g/mol. The molecule has 0 aromatic rings. The number of hydrogen-bond acceptors (Lipinski definition) is 8. The van der Waals surface area contributed by atoms with Gasteiger partial charge in [0.15, 0.2) is 5.72 Å². The number of nitrogens with zero attached hydrogens (tertiary/aromatic N) is 2. The minimum atomic E-state index is -0.947. The third-order valence-electron chi connectivity index (χ3n) is 6.18. The number of ketones is 2. The molecule has 4 aliphatic rings. The Labute approximate surface area is 150 Å². The highest BCUT2D eigenvalue weighted by Crippen LogP contribution is 2.59. The van der Waals surface area contributed by atoms with Gasteiger partial charge in [-0.15, -0.1) is 0 Å². The first kappa shape index (κ1) is 17.0. The summed E-state index contributed by atoms with van der Waals surface area (Å²) in [7, 11) is 1.55. The molecule has 0 aromatic carbocycles. The lowest BCUT2D eigenvalue weighted by atomic mass is 9.82. The molecule has 140 valence electrons. The molecule has 2 fully saturated rings. The number of carbonyl (C=O) groups excluding carboxylic acids is 3. The molecule has 0 saturated carbocycles. The predicted molar refractivity (Wildman–Crippen MR) is 89.4 cm³/mol. The molecule has 0 bridgehead atoms. The van der Waals surface area contributed by atoms with Crippen molar-refractivity contribution >= 4 is 17.7 Å². The number of piperazine rings is 1. The van der Waals surface area contributed by atoms with E-state index in [1.165, 1.54) is 0 Å². The van der Waals surface area contributed by atoms with Crippen molar-refractivity contribution in [3.05, 3.63) is 22.5 Å². The number of fused-ring (bicyclic) bond motifs is 4. The second-order valence-corrected chi connectivity index (χ2v) is 7.05. The molecule has 9 nitrogen and oxygen atoms in total. The van der Waals surface area contributed by atoms with Crippen molar-refractivity contribution in [2.24, 2.45) is 17.4 Å². The predicted octanol–water partition coefficient (Wildman–Crippen LogP) is -0.919. The quantitative estimate of drug-likeness (QED) is 0.485. The van der Waals surface area contributed by atoms with Crippen LogP contribution in [0.1, 0.15) is 13.8 Å². The Bertz CT molecular complexity index is 803. The number of ether oxygens (including phenoxy) is 2. The molecule has 0 spiro atoms. The summed E-state index contributed by atoms with van der Waals surface area (Å²) in [6.45, 7) is 4.85. The summed E-state index contributed by atoms with van der Waals surface area (Å²) in [6, 6.07) is 0.239. The zero-order valence-electron chi connectivity index (χ0n) is 14.9. The van der Waals surface area contributed by atoms with Crippen molar-refractivity contribution < 1.29 is 23.9 Å². The van der Waals surface area contributed by atoms with Gasteiger partial charge < -0.3 is 25.8 Å². The van der Waals surface area contributed by atoms with Gasteiger partial charge >= 0.3 is 6.09 Å². The molecule has 0 radical (unpaired) electrons. The molecule has 4 rings (SSSR count). The minimum Gasteiger partial charge on any atom is -0.449 e. The zero-order valence-corrected chi connectivity index (χ0v) is 14.9. The third kappa shape index (κ3) is 1.79. The van der Waals surface area contributed by atoms with E-state index in [4.69, 9.17) is 20.9 Å². The van der Waals surface area contributed by atoms with Gasteiger partial charge in [-0.3, -0.25) is 14.5 Å². The largest absolute Gasteiger partial charge is 0.449 e. The normalized spacial score (nSPS) is 37.7. The molecule has 3 unspecified atom stereocenters. The Morgan fingerprint density at radius 3 is 2.62 bits per heavy atom. The maximum Gasteiger partial charge on any atom is 0.404 e. The van der Waals surface area contributed by atoms with Gasteiger partial charge in [-0.25, -0.2) is 4.79 Å². The topological polar surface area (TPSA) is 128 Å². The summed E-state index contributed by atoms with van der Waals surface area (Å²) in [5, 5.41) is 0. The Hall–Kier alpha value is -2.39. The molecular formula is C17H22N4O5. The number of primary amides is 1. The molecule has 3 aliphatic heterocycles. The van der Waals surface area contributed by atoms with Crippen molar-refractivity contribution in [3.63, 3.8) is 0 Å². The van der Waals surface area contributed by atoms with Crippen LogP contribution < -0.4 is 11.5 Å². The first-order valence-electron chi connectivity index (χ1n) is 8.61. The van der Waals surface area contributed by atoms with Crippen LogP contribution in [0.4, 0.5) is 4.79 Å². The Balaban J connectivity index is 1.84. The lowest BCUT2D eigenvalue weighted by molar-refractivity contribution is -0.145. The number of rotatable bonds is 4. The maximum atomic E-state index is 12.9. The number of methoxy groups -OCH3 is 1. The molecule has 0 aromatic heterocycles. The van der Waals surface area contributed by atoms with Gasteiger partial charge in [0.25, 0.3) is 0 Å². The minimum absolute atomic E-state index is 0.00621. The summed E-state index contributed by atoms with van der Waals surface area (Å²) in [4.78, 5) is 41.2. The molecule has 2 saturated heterocycles. The molecule has 26 heavy (non-hydrogen) atoms. The number of nitrogens with two attached hydrogens (primary N) is 2. The molecule has 3 heterocycles. The molecule has 4 N–H and O–H groups in total. The van der Waals surface area contributed by atoms with E-state index in [0.717, 1.165) is 6.54 Å². The maximum absolute atomic E-state index is 12.9. The van der Waals surface area contributed by atoms with Crippen LogP contribution in [-0.4, -0.2) is 72.1 Å². The number of allylic oxidation sites excluding steroid dienone is 2. The third-order valence-corrected chi connectivity index (χ3v) is 6.18. The average molecular weight is 362 g/mol. The first-order chi connectivity index (χ1) is 12.3. The van der Waals surface area contributed by atoms with E-state index in [1.54, 1.807) is 14.0 Å². The number of Topliss-reactive ketones (excluding diaryl/α,β-unsaturated/α-hetero) is 2. The number of likely N-dealkylation sites (N-methyl/N-ethyl adjacent to an activating group) is 1. The van der Waals surface area contributed by atoms with Crippen LogP contribution in [0.3, 0.4) is 0 Å². The van der Waals surface area contributed by atoms with E-state index in [1.807, 2.05) is 11.8 Å². The van der Waals surface area contributed by atoms with E-state index in [9.17, 15) is 14.4 Å². The van der Waals surface area contributed by atoms with Gasteiger partial charge in [0.2, 0.25) is 11.6 Å². The van der Waals surface area contributed by atoms with Crippen LogP contribution in [0.25, 0.3) is 0 Å². The summed E-state index contributed by atoms with van der Waals surface area (Å²) < 4.78 is 11.0. The van der Waals surface area contributed by atoms with Crippen LogP contribution in [0, 0.1) is 5.92 Å². The van der Waals surface area contributed by atoms with Crippen molar-refractivity contribution in [1.29, 1.82) is 0 Å². The van der Waals surface area contributed by atoms with Crippen molar-refractivity contribution in [2.45, 2.75) is 31.7 Å². The Morgan fingerprint density at radius 2 is 2.04 bits per heavy atom. The Morgan fingerprint density at radius 1 is 1.35 bits per heavy atom. The average Bonchev–Trinajstić information content (AvgIpc) is 3.09. The summed E-state index contributed by atoms with van der Waals surface area (Å²) >= 11 is 0. The highest BCUT2D eigenvalue weighted by atomic mass is 16.6. The van der Waals surface area contributed by atoms with Gasteiger partial charge in [0, 0.05) is 30.8 Å². The number of amides is 1. The van der Waals surface area contributed by atoms with Gasteiger partial charge in [0.05, 0.1) is 23.4 Å². The molecule has 1 aliphatic carbocycles.